The van der Waals surface area contributed by atoms with Crippen molar-refractivity contribution in [2.75, 3.05) is 48.3 Å². The minimum atomic E-state index is -0.737. The van der Waals surface area contributed by atoms with Crippen molar-refractivity contribution >= 4 is 34.1 Å². The van der Waals surface area contributed by atoms with E-state index < -0.39 is 17.3 Å². The maximum absolute atomic E-state index is 16.4. The van der Waals surface area contributed by atoms with Crippen LogP contribution in [0.25, 0.3) is 28.0 Å². The quantitative estimate of drug-likeness (QED) is 0.291. The summed E-state index contributed by atoms with van der Waals surface area (Å²) in [6, 6.07) is 11.3. The number of anilines is 3. The molecule has 4 aromatic rings. The average molecular weight is 628 g/mol. The Bertz CT molecular complexity index is 1910. The fourth-order valence-corrected chi connectivity index (χ4v) is 6.69. The first-order valence-corrected chi connectivity index (χ1v) is 15.7. The number of para-hydroxylation sites is 1. The number of nitrogens with zero attached hydrogens (tertiary/aromatic N) is 6. The molecule has 0 radical (unpaired) electrons. The van der Waals surface area contributed by atoms with E-state index in [0.717, 1.165) is 11.3 Å². The number of amides is 1. The molecular weight excluding hydrogens is 588 g/mol. The molecule has 0 spiro atoms. The maximum Gasteiger partial charge on any atom is 0.355 e. The van der Waals surface area contributed by atoms with Crippen molar-refractivity contribution in [3.05, 3.63) is 82.8 Å². The molecule has 2 aliphatic rings. The Kier molecular flexibility index (Phi) is 8.26. The molecule has 4 heterocycles. The van der Waals surface area contributed by atoms with Crippen LogP contribution in [0, 0.1) is 11.6 Å². The smallest absolute Gasteiger partial charge is 0.355 e. The summed E-state index contributed by atoms with van der Waals surface area (Å²) in [5.41, 5.74) is 2.13. The molecule has 2 aromatic carbocycles. The zero-order valence-corrected chi connectivity index (χ0v) is 26.8. The van der Waals surface area contributed by atoms with E-state index in [1.807, 2.05) is 57.8 Å². The summed E-state index contributed by atoms with van der Waals surface area (Å²) in [7, 11) is 1.97. The molecule has 0 saturated carbocycles. The van der Waals surface area contributed by atoms with E-state index in [2.05, 4.69) is 21.8 Å². The molecule has 2 bridgehead atoms. The van der Waals surface area contributed by atoms with Gasteiger partial charge in [-0.1, -0.05) is 38.6 Å². The van der Waals surface area contributed by atoms with Gasteiger partial charge >= 0.3 is 5.69 Å². The number of pyridine rings is 1. The Balaban J connectivity index is 1.71. The van der Waals surface area contributed by atoms with Gasteiger partial charge in [0.15, 0.2) is 11.5 Å². The van der Waals surface area contributed by atoms with Gasteiger partial charge in [-0.25, -0.2) is 23.1 Å². The van der Waals surface area contributed by atoms with Crippen LogP contribution < -0.4 is 20.8 Å². The van der Waals surface area contributed by atoms with Gasteiger partial charge in [0.2, 0.25) is 5.91 Å². The summed E-state index contributed by atoms with van der Waals surface area (Å²) in [4.78, 5) is 42.1. The van der Waals surface area contributed by atoms with Gasteiger partial charge in [0.05, 0.1) is 22.3 Å². The van der Waals surface area contributed by atoms with Crippen LogP contribution in [0.3, 0.4) is 0 Å². The van der Waals surface area contributed by atoms with Crippen molar-refractivity contribution in [3.63, 3.8) is 0 Å². The highest BCUT2D eigenvalue weighted by molar-refractivity contribution is 5.93. The second kappa shape index (κ2) is 12.2. The minimum Gasteiger partial charge on any atom is -0.384 e. The molecule has 6 rings (SSSR count). The van der Waals surface area contributed by atoms with Crippen LogP contribution in [0.2, 0.25) is 0 Å². The van der Waals surface area contributed by atoms with Crippen LogP contribution in [0.1, 0.15) is 45.6 Å². The lowest BCUT2D eigenvalue weighted by Gasteiger charge is -2.44. The summed E-state index contributed by atoms with van der Waals surface area (Å²) in [5.74, 6) is -1.25. The van der Waals surface area contributed by atoms with Crippen LogP contribution >= 0.6 is 0 Å². The minimum absolute atomic E-state index is 0.00257. The lowest BCUT2D eigenvalue weighted by molar-refractivity contribution is -0.128. The Hall–Kier alpha value is -4.80. The normalized spacial score (nSPS) is 18.4. The first-order valence-electron chi connectivity index (χ1n) is 15.7. The SMILES string of the molecule is C=CC(=O)N1C[C@H](C)N(c2nc(=O)n3c4nc(c(F)cc24)-c2c(F)cccc2NCCCN(C)c2cccc(C(C)C)c2-3)C[C@H]1C. The van der Waals surface area contributed by atoms with E-state index in [1.165, 1.54) is 22.8 Å². The van der Waals surface area contributed by atoms with Crippen LogP contribution in [0.5, 0.6) is 0 Å². The molecule has 0 aliphatic carbocycles. The van der Waals surface area contributed by atoms with Gasteiger partial charge in [0.1, 0.15) is 17.3 Å². The van der Waals surface area contributed by atoms with E-state index >= 15 is 8.78 Å². The zero-order chi connectivity index (χ0) is 32.9. The number of carbonyl (C=O) groups is 1. The third-order valence-electron chi connectivity index (χ3n) is 9.06. The fourth-order valence-electron chi connectivity index (χ4n) is 6.69. The molecule has 1 fully saturated rings. The Morgan fingerprint density at radius 3 is 2.57 bits per heavy atom. The monoisotopic (exact) mass is 627 g/mol. The van der Waals surface area contributed by atoms with E-state index in [0.29, 0.717) is 49.4 Å². The van der Waals surface area contributed by atoms with Gasteiger partial charge in [-0.2, -0.15) is 4.98 Å². The Morgan fingerprint density at radius 1 is 1.07 bits per heavy atom. The molecule has 1 amide bonds. The van der Waals surface area contributed by atoms with Crippen molar-refractivity contribution < 1.29 is 13.6 Å². The summed E-state index contributed by atoms with van der Waals surface area (Å²) in [6.45, 7) is 13.4. The number of halogens is 2. The number of nitrogens with one attached hydrogen (secondary N) is 1. The number of aromatic nitrogens is 3. The molecule has 11 heteroatoms. The number of rotatable bonds is 3. The lowest BCUT2D eigenvalue weighted by atomic mass is 9.99. The van der Waals surface area contributed by atoms with Crippen molar-refractivity contribution in [3.8, 4) is 16.9 Å². The number of hydrogen-bond donors (Lipinski definition) is 1. The lowest BCUT2D eigenvalue weighted by Crippen LogP contribution is -2.58. The highest BCUT2D eigenvalue weighted by atomic mass is 19.1. The highest BCUT2D eigenvalue weighted by Gasteiger charge is 2.34. The number of carbonyl (C=O) groups excluding carboxylic acids is 1. The van der Waals surface area contributed by atoms with Gasteiger partial charge < -0.3 is 20.0 Å². The Morgan fingerprint density at radius 2 is 1.83 bits per heavy atom. The molecule has 9 nitrogen and oxygen atoms in total. The molecule has 46 heavy (non-hydrogen) atoms. The Labute approximate surface area is 267 Å². The van der Waals surface area contributed by atoms with Gasteiger partial charge in [-0.15, -0.1) is 0 Å². The summed E-state index contributed by atoms with van der Waals surface area (Å²) in [5, 5.41) is 3.60. The standard InChI is InChI=1S/C35H39F2N7O2/c1-7-29(45)42-18-22(5)43(19-21(42)4)33-24-17-26(37)31-30-25(36)12-9-13-27(30)38-15-10-16-41(6)28-14-8-11-23(20(2)3)32(28)44(34(24)39-31)35(46)40-33/h7-9,11-14,17,20-22,38H,1,10,15-16,18-19H2,2-6H3/t21-,22+/m1/s1. The number of benzene rings is 2. The van der Waals surface area contributed by atoms with Gasteiger partial charge in [0.25, 0.3) is 0 Å². The average Bonchev–Trinajstić information content (AvgIpc) is 3.03. The molecular formula is C35H39F2N7O2. The first kappa shape index (κ1) is 31.2. The van der Waals surface area contributed by atoms with Crippen LogP contribution in [0.4, 0.5) is 26.0 Å². The molecule has 240 valence electrons. The van der Waals surface area contributed by atoms with E-state index in [1.54, 1.807) is 17.0 Å². The number of hydrogen-bond acceptors (Lipinski definition) is 7. The van der Waals surface area contributed by atoms with Gasteiger partial charge in [-0.3, -0.25) is 4.79 Å². The molecule has 2 aromatic heterocycles. The molecule has 1 N–H and O–H groups in total. The molecule has 2 aliphatic heterocycles. The van der Waals surface area contributed by atoms with E-state index in [-0.39, 0.29) is 46.6 Å². The fraction of sp³-hybridized carbons (Fsp3) is 0.371. The number of fused-ring (bicyclic) bond motifs is 5. The van der Waals surface area contributed by atoms with Gasteiger partial charge in [-0.05, 0) is 62.1 Å². The highest BCUT2D eigenvalue weighted by Crippen LogP contribution is 2.39. The second-order valence-electron chi connectivity index (χ2n) is 12.5. The van der Waals surface area contributed by atoms with Crippen molar-refractivity contribution in [1.82, 2.24) is 19.4 Å². The number of piperazine rings is 1. The van der Waals surface area contributed by atoms with Crippen LogP contribution in [-0.2, 0) is 4.79 Å². The first-order chi connectivity index (χ1) is 22.0. The maximum atomic E-state index is 16.4. The summed E-state index contributed by atoms with van der Waals surface area (Å²) in [6.07, 6.45) is 1.99. The van der Waals surface area contributed by atoms with Gasteiger partial charge in [0, 0.05) is 51.0 Å². The second-order valence-corrected chi connectivity index (χ2v) is 12.5. The molecule has 1 saturated heterocycles. The summed E-state index contributed by atoms with van der Waals surface area (Å²) >= 11 is 0. The zero-order valence-electron chi connectivity index (χ0n) is 26.8. The predicted molar refractivity (Wildman–Crippen MR) is 179 cm³/mol. The van der Waals surface area contributed by atoms with Crippen molar-refractivity contribution in [2.24, 2.45) is 0 Å². The predicted octanol–water partition coefficient (Wildman–Crippen LogP) is 5.71. The van der Waals surface area contributed by atoms with E-state index in [4.69, 9.17) is 4.98 Å². The van der Waals surface area contributed by atoms with Crippen LogP contribution in [0.15, 0.2) is 59.9 Å². The topological polar surface area (TPSA) is 86.6 Å². The van der Waals surface area contributed by atoms with Crippen molar-refractivity contribution in [2.45, 2.75) is 52.1 Å². The van der Waals surface area contributed by atoms with Crippen molar-refractivity contribution in [1.29, 1.82) is 0 Å². The van der Waals surface area contributed by atoms with Crippen LogP contribution in [-0.4, -0.2) is 70.7 Å². The third-order valence-corrected chi connectivity index (χ3v) is 9.06. The molecule has 0 unspecified atom stereocenters. The molecule has 2 atom stereocenters. The third kappa shape index (κ3) is 5.27. The largest absolute Gasteiger partial charge is 0.384 e. The summed E-state index contributed by atoms with van der Waals surface area (Å²) < 4.78 is 33.4. The van der Waals surface area contributed by atoms with E-state index in [9.17, 15) is 9.59 Å².